The number of imidazole rings is 4. The molecule has 0 spiro atoms. The molecule has 0 aliphatic heterocycles. The first-order valence-corrected chi connectivity index (χ1v) is 29.0. The number of aryl methyl sites for hydroxylation is 1. The molecule has 9 rings (SSSR count). The Labute approximate surface area is 460 Å². The molecule has 15 nitrogen and oxygen atoms in total. The normalized spacial score (nSPS) is 10.3. The number of ether oxygens (including phenoxy) is 1. The van der Waals surface area contributed by atoms with Crippen LogP contribution in [0.4, 0.5) is 0 Å². The minimum Gasteiger partial charge on any atom is -1.00 e. The van der Waals surface area contributed by atoms with Crippen LogP contribution >= 0.6 is 125 Å². The second-order valence-corrected chi connectivity index (χ2v) is 31.1. The molecule has 0 amide bonds. The van der Waals surface area contributed by atoms with Crippen LogP contribution in [0, 0.1) is 6.92 Å². The van der Waals surface area contributed by atoms with E-state index in [1.807, 2.05) is 51.8 Å². The van der Waals surface area contributed by atoms with E-state index in [9.17, 15) is 14.4 Å². The number of carboxylic acid groups (broad SMARTS) is 1. The second-order valence-electron chi connectivity index (χ2n) is 12.5. The van der Waals surface area contributed by atoms with E-state index in [4.69, 9.17) is 56.2 Å². The molecular weight excluding hydrogens is 1250 g/mol. The van der Waals surface area contributed by atoms with Crippen molar-refractivity contribution in [3.05, 3.63) is 163 Å². The van der Waals surface area contributed by atoms with E-state index in [0.717, 1.165) is 33.0 Å². The van der Waals surface area contributed by atoms with E-state index in [-0.39, 0.29) is 54.7 Å². The Morgan fingerprint density at radius 3 is 1.56 bits per heavy atom. The van der Waals surface area contributed by atoms with Crippen molar-refractivity contribution in [1.82, 2.24) is 47.5 Å². The third kappa shape index (κ3) is 18.1. The maximum absolute atomic E-state index is 11.4. The van der Waals surface area contributed by atoms with Crippen LogP contribution in [-0.2, 0) is 15.8 Å². The van der Waals surface area contributed by atoms with Gasteiger partial charge in [0.2, 0.25) is 0 Å². The Kier molecular flexibility index (Phi) is 24.7. The number of H-pyrrole nitrogens is 1. The number of fused-ring (bicyclic) bond motifs is 4. The fourth-order valence-electron chi connectivity index (χ4n) is 5.27. The van der Waals surface area contributed by atoms with Crippen molar-refractivity contribution < 1.29 is 50.4 Å². The van der Waals surface area contributed by atoms with Crippen molar-refractivity contribution in [2.75, 3.05) is 6.61 Å². The molecule has 3 radical (unpaired) electrons. The van der Waals surface area contributed by atoms with Gasteiger partial charge in [0.25, 0.3) is 5.56 Å². The van der Waals surface area contributed by atoms with Crippen LogP contribution in [0.3, 0.4) is 0 Å². The summed E-state index contributed by atoms with van der Waals surface area (Å²) in [6.07, 6.45) is 13.8. The Morgan fingerprint density at radius 1 is 0.712 bits per heavy atom. The molecule has 2 N–H and O–H groups in total. The number of aromatic nitrogens is 10. The Bertz CT molecular complexity index is 3120. The van der Waals surface area contributed by atoms with Crippen LogP contribution in [0.15, 0.2) is 114 Å². The van der Waals surface area contributed by atoms with Crippen LogP contribution in [0.5, 0.6) is 0 Å². The Balaban J connectivity index is 0.000000299. The average molecular weight is 1280 g/mol. The van der Waals surface area contributed by atoms with Gasteiger partial charge in [-0.05, 0) is 109 Å². The number of carboxylic acids is 1. The van der Waals surface area contributed by atoms with Crippen LogP contribution in [0.2, 0.25) is 20.1 Å². The van der Waals surface area contributed by atoms with E-state index in [0.29, 0.717) is 55.3 Å². The number of nitrogens with one attached hydrogen (secondary N) is 1. The summed E-state index contributed by atoms with van der Waals surface area (Å²) in [4.78, 5) is 57.0. The van der Waals surface area contributed by atoms with Gasteiger partial charge in [0.15, 0.2) is 16.5 Å². The van der Waals surface area contributed by atoms with E-state index < -0.39 is 11.9 Å². The van der Waals surface area contributed by atoms with Crippen LogP contribution in [0.25, 0.3) is 22.6 Å². The molecule has 9 aromatic rings. The van der Waals surface area contributed by atoms with Gasteiger partial charge in [-0.3, -0.25) is 4.79 Å². The van der Waals surface area contributed by atoms with Crippen molar-refractivity contribution in [3.63, 3.8) is 0 Å². The molecule has 9 aromatic heterocycles. The van der Waals surface area contributed by atoms with Gasteiger partial charge < -0.3 is 33.9 Å². The molecular formula is C39H32BBr4Cl4N10NaO5PS. The molecule has 0 aliphatic carbocycles. The molecule has 66 heavy (non-hydrogen) atoms. The molecule has 0 aromatic carbocycles. The molecule has 0 unspecified atom stereocenters. The minimum atomic E-state index is -1.04. The number of nitrogens with zero attached hydrogens (tertiary/aromatic N) is 9. The van der Waals surface area contributed by atoms with Gasteiger partial charge in [0.05, 0.1) is 38.1 Å². The first kappa shape index (κ1) is 57.8. The summed E-state index contributed by atoms with van der Waals surface area (Å²) >= 11 is 37.6. The summed E-state index contributed by atoms with van der Waals surface area (Å²) in [5.74, 6) is -0.830. The first-order chi connectivity index (χ1) is 30.5. The zero-order chi connectivity index (χ0) is 46.5. The molecule has 0 fully saturated rings. The van der Waals surface area contributed by atoms with Gasteiger partial charge in [-0.2, -0.15) is 0 Å². The summed E-state index contributed by atoms with van der Waals surface area (Å²) in [5.41, 5.74) is 5.80. The fraction of sp³-hybridized carbons (Fsp3) is 0.128. The van der Waals surface area contributed by atoms with Crippen molar-refractivity contribution >= 4 is 168 Å². The number of carbonyl (C=O) groups is 2. The third-order valence-corrected chi connectivity index (χ3v) is 10.2. The number of hydrogen-bond acceptors (Lipinski definition) is 10. The van der Waals surface area contributed by atoms with Crippen LogP contribution in [-0.4, -0.2) is 79.6 Å². The average Bonchev–Trinajstić information content (AvgIpc) is 4.04. The van der Waals surface area contributed by atoms with Gasteiger partial charge in [0, 0.05) is 80.8 Å². The number of rotatable bonds is 7. The quantitative estimate of drug-likeness (QED) is 0.0388. The van der Waals surface area contributed by atoms with Crippen molar-refractivity contribution in [2.45, 2.75) is 30.1 Å². The Hall–Kier alpha value is -2.50. The number of carbonyl (C=O) groups excluding carboxylic acids is 1. The maximum Gasteiger partial charge on any atom is 1.00 e. The van der Waals surface area contributed by atoms with Crippen molar-refractivity contribution in [1.29, 1.82) is 0 Å². The van der Waals surface area contributed by atoms with E-state index in [1.54, 1.807) is 71.6 Å². The zero-order valence-electron chi connectivity index (χ0n) is 35.5. The number of hydrogen-bond donors (Lipinski definition) is 2. The van der Waals surface area contributed by atoms with Crippen LogP contribution < -0.4 is 35.1 Å². The minimum absolute atomic E-state index is 0. The summed E-state index contributed by atoms with van der Waals surface area (Å²) in [7, 11) is 0. The molecule has 0 saturated carbocycles. The Morgan fingerprint density at radius 2 is 1.12 bits per heavy atom. The SMILES string of the molecule is BrP(Br)Br.CCOC(=O)c1cn2cc(Cl)ccc2n1.Cc1cc(=O)[nH]c(SCc2cn3cc(Cl)ccc3n2)n1.Clc1ccc2nc(CBr)cn2c1.O=C(O)c1cn2cc(Cl)ccc2n1.[B].[H-].[Na+]. The number of esters is 1. The molecule has 0 atom stereocenters. The number of thioether (sulfide) groups is 1. The largest absolute Gasteiger partial charge is 1.00 e. The fourth-order valence-corrected chi connectivity index (χ4v) is 7.01. The van der Waals surface area contributed by atoms with E-state index >= 15 is 0 Å². The smallest absolute Gasteiger partial charge is 1.00 e. The second kappa shape index (κ2) is 28.2. The molecule has 27 heteroatoms. The number of alkyl halides is 1. The van der Waals surface area contributed by atoms with Gasteiger partial charge in [-0.1, -0.05) is 74.1 Å². The monoisotopic (exact) mass is 1270 g/mol. The summed E-state index contributed by atoms with van der Waals surface area (Å²) in [6.45, 7) is 3.89. The van der Waals surface area contributed by atoms with Gasteiger partial charge in [0.1, 0.15) is 26.6 Å². The molecule has 0 saturated heterocycles. The number of aromatic carboxylic acids is 1. The van der Waals surface area contributed by atoms with Gasteiger partial charge in [-0.15, -0.1) is 0 Å². The predicted molar refractivity (Wildman–Crippen MR) is 276 cm³/mol. The summed E-state index contributed by atoms with van der Waals surface area (Å²) < 4.78 is 11.7. The van der Waals surface area contributed by atoms with Crippen molar-refractivity contribution in [2.24, 2.45) is 0 Å². The predicted octanol–water partition coefficient (Wildman–Crippen LogP) is 9.54. The van der Waals surface area contributed by atoms with Crippen molar-refractivity contribution in [3.8, 4) is 0 Å². The molecule has 9 heterocycles. The maximum atomic E-state index is 11.4. The summed E-state index contributed by atoms with van der Waals surface area (Å²) in [6, 6.07) is 15.7. The topological polar surface area (TPSA) is 179 Å². The standard InChI is InChI=1S/C13H11ClN4OS.C10H9ClN2O2.C8H6BrClN2.C8H5ClN2O2.B.Br3P.Na.H/c1-8-4-12(19)17-13(15-8)20-7-10-6-18-5-9(14)2-3-11(18)16-10;1-2-15-10(14)8-6-13-5-7(11)3-4-9(13)12-8;9-3-7-5-12-4-6(10)1-2-8(12)11-7;9-5-1-2-7-10-6(8(12)13)4-11(7)3-5;;1-4(2)3;;/h2-6H,7H2,1H3,(H,15,17,19);3-6H,2H2,1H3;1-2,4-5H,3H2;1-4H,(H,12,13);;;;/q;;;;;;+1;-1. The van der Waals surface area contributed by atoms with Gasteiger partial charge in [-0.25, -0.2) is 34.5 Å². The first-order valence-electron chi connectivity index (χ1n) is 18.0. The van der Waals surface area contributed by atoms with E-state index in [1.165, 1.54) is 24.0 Å². The van der Waals surface area contributed by atoms with Crippen LogP contribution in [0.1, 0.15) is 46.4 Å². The number of halogens is 8. The van der Waals surface area contributed by atoms with Gasteiger partial charge >= 0.3 is 41.5 Å². The number of aromatic amines is 1. The molecule has 0 bridgehead atoms. The number of pyridine rings is 4. The third-order valence-electron chi connectivity index (χ3n) is 7.80. The summed E-state index contributed by atoms with van der Waals surface area (Å²) in [5, 5.41) is 12.5. The van der Waals surface area contributed by atoms with E-state index in [2.05, 4.69) is 92.3 Å². The molecule has 0 aliphatic rings. The molecule has 339 valence electrons. The zero-order valence-corrected chi connectivity index (χ0v) is 47.6.